The zero-order valence-electron chi connectivity index (χ0n) is 9.37. The summed E-state index contributed by atoms with van der Waals surface area (Å²) in [6.07, 6.45) is 1.67. The number of amides is 1. The molecule has 0 bridgehead atoms. The minimum atomic E-state index is 0.0143. The van der Waals surface area contributed by atoms with Crippen LogP contribution in [-0.2, 0) is 4.79 Å². The van der Waals surface area contributed by atoms with Crippen molar-refractivity contribution in [3.05, 3.63) is 23.4 Å². The van der Waals surface area contributed by atoms with E-state index in [4.69, 9.17) is 11.6 Å². The molecule has 0 aliphatic rings. The molecule has 1 aromatic heterocycles. The Morgan fingerprint density at radius 3 is 3.00 bits per heavy atom. The quantitative estimate of drug-likeness (QED) is 0.826. The zero-order chi connectivity index (χ0) is 12.0. The first kappa shape index (κ1) is 13.3. The molecule has 1 aromatic rings. The molecule has 1 N–H and O–H groups in total. The van der Waals surface area contributed by atoms with Crippen LogP contribution in [-0.4, -0.2) is 23.2 Å². The highest BCUT2D eigenvalue weighted by Gasteiger charge is 2.06. The van der Waals surface area contributed by atoms with Crippen LogP contribution in [0.4, 0.5) is 0 Å². The number of carbonyl (C=O) groups excluding carboxylic acids is 1. The van der Waals surface area contributed by atoms with Gasteiger partial charge in [0.05, 0.1) is 10.8 Å². The molecule has 3 nitrogen and oxygen atoms in total. The van der Waals surface area contributed by atoms with Gasteiger partial charge in [-0.25, -0.2) is 4.98 Å². The molecule has 0 aliphatic carbocycles. The predicted molar refractivity (Wildman–Crippen MR) is 67.8 cm³/mol. The average molecular weight is 259 g/mol. The Balaban J connectivity index is 2.35. The van der Waals surface area contributed by atoms with Gasteiger partial charge in [-0.15, -0.1) is 0 Å². The molecule has 0 fully saturated rings. The standard InChI is InChI=1S/C11H15ClN2OS/c1-8(2)6-14-10(15)7-16-11-9(12)4-3-5-13-11/h3-5,8H,6-7H2,1-2H3,(H,14,15). The molecule has 88 valence electrons. The smallest absolute Gasteiger partial charge is 0.230 e. The molecule has 0 radical (unpaired) electrons. The number of hydrogen-bond acceptors (Lipinski definition) is 3. The molecule has 0 atom stereocenters. The number of rotatable bonds is 5. The Morgan fingerprint density at radius 1 is 1.62 bits per heavy atom. The van der Waals surface area contributed by atoms with E-state index in [1.54, 1.807) is 18.3 Å². The van der Waals surface area contributed by atoms with Crippen LogP contribution in [0.1, 0.15) is 13.8 Å². The lowest BCUT2D eigenvalue weighted by atomic mass is 10.2. The highest BCUT2D eigenvalue weighted by atomic mass is 35.5. The van der Waals surface area contributed by atoms with Crippen molar-refractivity contribution in [1.82, 2.24) is 10.3 Å². The van der Waals surface area contributed by atoms with Crippen LogP contribution < -0.4 is 5.32 Å². The van der Waals surface area contributed by atoms with E-state index in [2.05, 4.69) is 24.1 Å². The van der Waals surface area contributed by atoms with Crippen molar-refractivity contribution in [2.24, 2.45) is 5.92 Å². The molecule has 0 saturated carbocycles. The maximum absolute atomic E-state index is 11.4. The molecular weight excluding hydrogens is 244 g/mol. The van der Waals surface area contributed by atoms with Crippen LogP contribution in [0.2, 0.25) is 5.02 Å². The fourth-order valence-electron chi connectivity index (χ4n) is 0.980. The van der Waals surface area contributed by atoms with E-state index >= 15 is 0 Å². The van der Waals surface area contributed by atoms with Gasteiger partial charge in [-0.2, -0.15) is 0 Å². The van der Waals surface area contributed by atoms with Gasteiger partial charge in [0.15, 0.2) is 0 Å². The van der Waals surface area contributed by atoms with E-state index in [1.165, 1.54) is 11.8 Å². The van der Waals surface area contributed by atoms with Gasteiger partial charge in [0.2, 0.25) is 5.91 Å². The first-order chi connectivity index (χ1) is 7.59. The SMILES string of the molecule is CC(C)CNC(=O)CSc1ncccc1Cl. The van der Waals surface area contributed by atoms with Crippen LogP contribution in [0.15, 0.2) is 23.4 Å². The lowest BCUT2D eigenvalue weighted by Crippen LogP contribution is -2.28. The Hall–Kier alpha value is -0.740. The molecule has 1 amide bonds. The highest BCUT2D eigenvalue weighted by Crippen LogP contribution is 2.23. The fraction of sp³-hybridized carbons (Fsp3) is 0.455. The monoisotopic (exact) mass is 258 g/mol. The van der Waals surface area contributed by atoms with Gasteiger partial charge >= 0.3 is 0 Å². The summed E-state index contributed by atoms with van der Waals surface area (Å²) in [5, 5.41) is 4.13. The maximum Gasteiger partial charge on any atom is 0.230 e. The van der Waals surface area contributed by atoms with E-state index in [1.807, 2.05) is 0 Å². The fourth-order valence-corrected chi connectivity index (χ4v) is 1.98. The summed E-state index contributed by atoms with van der Waals surface area (Å²) in [6, 6.07) is 3.54. The molecule has 1 heterocycles. The molecule has 5 heteroatoms. The largest absolute Gasteiger partial charge is 0.355 e. The van der Waals surface area contributed by atoms with Gasteiger partial charge in [0.1, 0.15) is 5.03 Å². The van der Waals surface area contributed by atoms with Gasteiger partial charge in [0, 0.05) is 12.7 Å². The molecule has 0 aliphatic heterocycles. The summed E-state index contributed by atoms with van der Waals surface area (Å²) in [4.78, 5) is 15.5. The average Bonchev–Trinajstić information content (AvgIpc) is 2.25. The van der Waals surface area contributed by atoms with Crippen LogP contribution in [0.25, 0.3) is 0 Å². The summed E-state index contributed by atoms with van der Waals surface area (Å²) in [5.41, 5.74) is 0. The van der Waals surface area contributed by atoms with E-state index < -0.39 is 0 Å². The number of nitrogens with zero attached hydrogens (tertiary/aromatic N) is 1. The minimum Gasteiger partial charge on any atom is -0.355 e. The first-order valence-corrected chi connectivity index (χ1v) is 6.46. The Kier molecular flexibility index (Phi) is 5.63. The van der Waals surface area contributed by atoms with Crippen LogP contribution >= 0.6 is 23.4 Å². The van der Waals surface area contributed by atoms with Crippen molar-refractivity contribution in [3.8, 4) is 0 Å². The second-order valence-electron chi connectivity index (χ2n) is 3.78. The number of aromatic nitrogens is 1. The third-order valence-corrected chi connectivity index (χ3v) is 3.19. The second kappa shape index (κ2) is 6.76. The van der Waals surface area contributed by atoms with Crippen LogP contribution in [0, 0.1) is 5.92 Å². The molecular formula is C11H15ClN2OS. The van der Waals surface area contributed by atoms with E-state index in [0.29, 0.717) is 28.3 Å². The molecule has 16 heavy (non-hydrogen) atoms. The van der Waals surface area contributed by atoms with Crippen molar-refractivity contribution in [3.63, 3.8) is 0 Å². The van der Waals surface area contributed by atoms with E-state index in [-0.39, 0.29) is 5.91 Å². The summed E-state index contributed by atoms with van der Waals surface area (Å²) in [7, 11) is 0. The molecule has 1 rings (SSSR count). The van der Waals surface area contributed by atoms with Crippen LogP contribution in [0.5, 0.6) is 0 Å². The number of halogens is 1. The zero-order valence-corrected chi connectivity index (χ0v) is 10.9. The molecule has 0 aromatic carbocycles. The topological polar surface area (TPSA) is 42.0 Å². The number of carbonyl (C=O) groups is 1. The third-order valence-electron chi connectivity index (χ3n) is 1.77. The summed E-state index contributed by atoms with van der Waals surface area (Å²) < 4.78 is 0. The number of hydrogen-bond donors (Lipinski definition) is 1. The van der Waals surface area contributed by atoms with Crippen molar-refractivity contribution < 1.29 is 4.79 Å². The van der Waals surface area contributed by atoms with Gasteiger partial charge in [-0.05, 0) is 18.1 Å². The highest BCUT2D eigenvalue weighted by molar-refractivity contribution is 8.00. The van der Waals surface area contributed by atoms with Gasteiger partial charge < -0.3 is 5.32 Å². The number of thioether (sulfide) groups is 1. The Labute approximate surface area is 105 Å². The molecule has 0 spiro atoms. The number of nitrogens with one attached hydrogen (secondary N) is 1. The van der Waals surface area contributed by atoms with Gasteiger partial charge in [-0.3, -0.25) is 4.79 Å². The predicted octanol–water partition coefficient (Wildman–Crippen LogP) is 2.60. The van der Waals surface area contributed by atoms with Gasteiger partial charge in [-0.1, -0.05) is 37.2 Å². The van der Waals surface area contributed by atoms with Crippen molar-refractivity contribution in [2.75, 3.05) is 12.3 Å². The first-order valence-electron chi connectivity index (χ1n) is 5.09. The molecule has 0 unspecified atom stereocenters. The van der Waals surface area contributed by atoms with Crippen molar-refractivity contribution >= 4 is 29.3 Å². The van der Waals surface area contributed by atoms with Crippen LogP contribution in [0.3, 0.4) is 0 Å². The minimum absolute atomic E-state index is 0.0143. The van der Waals surface area contributed by atoms with Gasteiger partial charge in [0.25, 0.3) is 0 Å². The van der Waals surface area contributed by atoms with E-state index in [9.17, 15) is 4.79 Å². The maximum atomic E-state index is 11.4. The normalized spacial score (nSPS) is 10.5. The van der Waals surface area contributed by atoms with Crippen molar-refractivity contribution in [1.29, 1.82) is 0 Å². The Bertz CT molecular complexity index is 358. The summed E-state index contributed by atoms with van der Waals surface area (Å²) in [5.74, 6) is 0.830. The Morgan fingerprint density at radius 2 is 2.38 bits per heavy atom. The number of pyridine rings is 1. The second-order valence-corrected chi connectivity index (χ2v) is 5.15. The lowest BCUT2D eigenvalue weighted by Gasteiger charge is -2.07. The third kappa shape index (κ3) is 4.86. The van der Waals surface area contributed by atoms with Crippen molar-refractivity contribution in [2.45, 2.75) is 18.9 Å². The lowest BCUT2D eigenvalue weighted by molar-refractivity contribution is -0.118. The summed E-state index contributed by atoms with van der Waals surface area (Å²) in [6.45, 7) is 4.82. The summed E-state index contributed by atoms with van der Waals surface area (Å²) >= 11 is 7.27. The molecule has 0 saturated heterocycles. The van der Waals surface area contributed by atoms with E-state index in [0.717, 1.165) is 0 Å².